The van der Waals surface area contributed by atoms with Crippen molar-refractivity contribution in [1.82, 2.24) is 24.5 Å². The zero-order valence-corrected chi connectivity index (χ0v) is 17.7. The van der Waals surface area contributed by atoms with Gasteiger partial charge in [-0.05, 0) is 36.1 Å². The van der Waals surface area contributed by atoms with Gasteiger partial charge in [-0.25, -0.2) is 9.67 Å². The Hall–Kier alpha value is -3.81. The maximum Gasteiger partial charge on any atom is 0.283 e. The van der Waals surface area contributed by atoms with Crippen molar-refractivity contribution in [3.8, 4) is 0 Å². The Morgan fingerprint density at radius 2 is 1.90 bits per heavy atom. The van der Waals surface area contributed by atoms with Crippen molar-refractivity contribution in [2.75, 3.05) is 5.32 Å². The second-order valence-electron chi connectivity index (χ2n) is 7.91. The van der Waals surface area contributed by atoms with Crippen molar-refractivity contribution in [1.29, 1.82) is 0 Å². The van der Waals surface area contributed by atoms with Gasteiger partial charge in [-0.2, -0.15) is 0 Å². The molecule has 4 aromatic rings. The quantitative estimate of drug-likeness (QED) is 0.521. The summed E-state index contributed by atoms with van der Waals surface area (Å²) in [6, 6.07) is 15.7. The van der Waals surface area contributed by atoms with Gasteiger partial charge < -0.3 is 5.32 Å². The van der Waals surface area contributed by atoms with Crippen LogP contribution in [0.1, 0.15) is 36.5 Å². The number of carbonyl (C=O) groups excluding carboxylic acids is 1. The lowest BCUT2D eigenvalue weighted by molar-refractivity contribution is -0.116. The van der Waals surface area contributed by atoms with E-state index >= 15 is 0 Å². The van der Waals surface area contributed by atoms with Crippen LogP contribution in [0.4, 0.5) is 5.69 Å². The number of anilines is 1. The summed E-state index contributed by atoms with van der Waals surface area (Å²) >= 11 is 0. The molecule has 0 fully saturated rings. The predicted octanol–water partition coefficient (Wildman–Crippen LogP) is 3.11. The standard InChI is InChI=1S/C23H24N6O2/c1-15(2)18-5-4-6-19(11-18)25-20(30)13-28-14-24-22-21(23(28)31)26-27-29(22)12-17-9-7-16(3)8-10-17/h4-11,14-15H,12-13H2,1-3H3,(H,25,30). The molecule has 158 valence electrons. The van der Waals surface area contributed by atoms with E-state index in [2.05, 4.69) is 34.5 Å². The number of hydrogen-bond acceptors (Lipinski definition) is 5. The second-order valence-corrected chi connectivity index (χ2v) is 7.91. The lowest BCUT2D eigenvalue weighted by Gasteiger charge is -2.10. The van der Waals surface area contributed by atoms with Crippen molar-refractivity contribution < 1.29 is 4.79 Å². The van der Waals surface area contributed by atoms with Gasteiger partial charge in [0.2, 0.25) is 5.91 Å². The molecule has 0 atom stereocenters. The number of nitrogens with one attached hydrogen (secondary N) is 1. The lowest BCUT2D eigenvalue weighted by atomic mass is 10.0. The van der Waals surface area contributed by atoms with E-state index in [0.29, 0.717) is 23.8 Å². The van der Waals surface area contributed by atoms with Crippen molar-refractivity contribution in [3.05, 3.63) is 81.9 Å². The average Bonchev–Trinajstić information content (AvgIpc) is 3.15. The second kappa shape index (κ2) is 8.51. The van der Waals surface area contributed by atoms with Gasteiger partial charge in [-0.3, -0.25) is 14.2 Å². The van der Waals surface area contributed by atoms with Crippen LogP contribution in [-0.4, -0.2) is 30.5 Å². The molecule has 31 heavy (non-hydrogen) atoms. The lowest BCUT2D eigenvalue weighted by Crippen LogP contribution is -2.28. The third kappa shape index (κ3) is 4.53. The zero-order chi connectivity index (χ0) is 22.0. The Morgan fingerprint density at radius 1 is 1.13 bits per heavy atom. The number of hydrogen-bond donors (Lipinski definition) is 1. The highest BCUT2D eigenvalue weighted by Gasteiger charge is 2.14. The SMILES string of the molecule is Cc1ccc(Cn2nnc3c(=O)n(CC(=O)Nc4cccc(C(C)C)c4)cnc32)cc1. The largest absolute Gasteiger partial charge is 0.325 e. The van der Waals surface area contributed by atoms with E-state index in [1.54, 1.807) is 4.68 Å². The number of rotatable bonds is 6. The van der Waals surface area contributed by atoms with Crippen LogP contribution in [0.3, 0.4) is 0 Å². The van der Waals surface area contributed by atoms with E-state index in [1.807, 2.05) is 55.5 Å². The van der Waals surface area contributed by atoms with Crippen molar-refractivity contribution in [2.24, 2.45) is 0 Å². The van der Waals surface area contributed by atoms with Gasteiger partial charge in [0.15, 0.2) is 11.2 Å². The molecule has 0 spiro atoms. The highest BCUT2D eigenvalue weighted by atomic mass is 16.2. The first-order valence-electron chi connectivity index (χ1n) is 10.1. The summed E-state index contributed by atoms with van der Waals surface area (Å²) in [7, 11) is 0. The zero-order valence-electron chi connectivity index (χ0n) is 17.7. The summed E-state index contributed by atoms with van der Waals surface area (Å²) in [5.41, 5.74) is 4.17. The fourth-order valence-corrected chi connectivity index (χ4v) is 3.30. The molecular weight excluding hydrogens is 392 g/mol. The molecule has 2 aromatic heterocycles. The molecule has 2 heterocycles. The van der Waals surface area contributed by atoms with Crippen LogP contribution in [-0.2, 0) is 17.9 Å². The molecule has 0 aliphatic carbocycles. The minimum atomic E-state index is -0.397. The van der Waals surface area contributed by atoms with E-state index < -0.39 is 5.56 Å². The third-order valence-electron chi connectivity index (χ3n) is 5.10. The van der Waals surface area contributed by atoms with Crippen LogP contribution in [0, 0.1) is 6.92 Å². The molecule has 0 aliphatic rings. The molecule has 0 aliphatic heterocycles. The Labute approximate surface area is 179 Å². The summed E-state index contributed by atoms with van der Waals surface area (Å²) in [5.74, 6) is 0.0461. The molecule has 0 saturated heterocycles. The monoisotopic (exact) mass is 416 g/mol. The van der Waals surface area contributed by atoms with Gasteiger partial charge in [0.25, 0.3) is 5.56 Å². The van der Waals surface area contributed by atoms with Gasteiger partial charge in [0.1, 0.15) is 12.9 Å². The maximum atomic E-state index is 12.8. The molecule has 1 N–H and O–H groups in total. The van der Waals surface area contributed by atoms with Crippen molar-refractivity contribution >= 4 is 22.8 Å². The Balaban J connectivity index is 1.52. The molecule has 8 heteroatoms. The first-order valence-corrected chi connectivity index (χ1v) is 10.1. The molecule has 8 nitrogen and oxygen atoms in total. The number of carbonyl (C=O) groups is 1. The van der Waals surface area contributed by atoms with Crippen LogP contribution in [0.15, 0.2) is 59.7 Å². The number of aromatic nitrogens is 5. The van der Waals surface area contributed by atoms with Crippen LogP contribution < -0.4 is 10.9 Å². The molecule has 0 saturated carbocycles. The minimum absolute atomic E-state index is 0.143. The number of amides is 1. The predicted molar refractivity (Wildman–Crippen MR) is 119 cm³/mol. The summed E-state index contributed by atoms with van der Waals surface area (Å²) in [4.78, 5) is 29.6. The minimum Gasteiger partial charge on any atom is -0.325 e. The maximum absolute atomic E-state index is 12.8. The molecule has 1 amide bonds. The van der Waals surface area contributed by atoms with Crippen molar-refractivity contribution in [2.45, 2.75) is 39.8 Å². The number of benzene rings is 2. The smallest absolute Gasteiger partial charge is 0.283 e. The van der Waals surface area contributed by atoms with E-state index in [1.165, 1.54) is 16.5 Å². The number of fused-ring (bicyclic) bond motifs is 1. The fraction of sp³-hybridized carbons (Fsp3) is 0.261. The van der Waals surface area contributed by atoms with Crippen LogP contribution in [0.5, 0.6) is 0 Å². The topological polar surface area (TPSA) is 94.7 Å². The Bertz CT molecular complexity index is 1290. The van der Waals surface area contributed by atoms with Crippen molar-refractivity contribution in [3.63, 3.8) is 0 Å². The normalized spacial score (nSPS) is 11.2. The summed E-state index contributed by atoms with van der Waals surface area (Å²) < 4.78 is 2.83. The first kappa shape index (κ1) is 20.5. The average molecular weight is 416 g/mol. The van der Waals surface area contributed by atoms with Crippen LogP contribution >= 0.6 is 0 Å². The number of nitrogens with zero attached hydrogens (tertiary/aromatic N) is 5. The van der Waals surface area contributed by atoms with E-state index in [4.69, 9.17) is 0 Å². The first-order chi connectivity index (χ1) is 14.9. The Morgan fingerprint density at radius 3 is 2.65 bits per heavy atom. The molecule has 4 rings (SSSR count). The van der Waals surface area contributed by atoms with Crippen LogP contribution in [0.25, 0.3) is 11.2 Å². The van der Waals surface area contributed by atoms with E-state index in [-0.39, 0.29) is 18.0 Å². The van der Waals surface area contributed by atoms with Gasteiger partial charge in [-0.15, -0.1) is 5.10 Å². The highest BCUT2D eigenvalue weighted by molar-refractivity contribution is 5.90. The summed E-state index contributed by atoms with van der Waals surface area (Å²) in [5, 5.41) is 10.9. The van der Waals surface area contributed by atoms with Gasteiger partial charge in [0.05, 0.1) is 6.54 Å². The van der Waals surface area contributed by atoms with Gasteiger partial charge in [0, 0.05) is 5.69 Å². The van der Waals surface area contributed by atoms with Gasteiger partial charge in [-0.1, -0.05) is 61.0 Å². The van der Waals surface area contributed by atoms with E-state index in [0.717, 1.165) is 11.1 Å². The third-order valence-corrected chi connectivity index (χ3v) is 5.10. The summed E-state index contributed by atoms with van der Waals surface area (Å²) in [6.07, 6.45) is 1.36. The molecule has 0 bridgehead atoms. The van der Waals surface area contributed by atoms with Gasteiger partial charge >= 0.3 is 0 Å². The van der Waals surface area contributed by atoms with E-state index in [9.17, 15) is 9.59 Å². The fourth-order valence-electron chi connectivity index (χ4n) is 3.30. The molecule has 2 aromatic carbocycles. The summed E-state index contributed by atoms with van der Waals surface area (Å²) in [6.45, 7) is 6.51. The molecular formula is C23H24N6O2. The molecule has 0 radical (unpaired) electrons. The van der Waals surface area contributed by atoms with Crippen LogP contribution in [0.2, 0.25) is 0 Å². The number of aryl methyl sites for hydroxylation is 1. The highest BCUT2D eigenvalue weighted by Crippen LogP contribution is 2.18. The molecule has 0 unspecified atom stereocenters. The Kier molecular flexibility index (Phi) is 5.62.